The Hall–Kier alpha value is -2.93. The van der Waals surface area contributed by atoms with Crippen molar-refractivity contribution in [3.63, 3.8) is 0 Å². The average Bonchev–Trinajstić information content (AvgIpc) is 2.74. The van der Waals surface area contributed by atoms with Crippen LogP contribution >= 0.6 is 11.8 Å². The van der Waals surface area contributed by atoms with Crippen LogP contribution < -0.4 is 4.90 Å². The third kappa shape index (κ3) is 7.36. The summed E-state index contributed by atoms with van der Waals surface area (Å²) in [6.45, 7) is 8.67. The molecule has 6 nitrogen and oxygen atoms in total. The van der Waals surface area contributed by atoms with Gasteiger partial charge in [0.05, 0.1) is 11.7 Å². The van der Waals surface area contributed by atoms with Gasteiger partial charge < -0.3 is 19.1 Å². The highest BCUT2D eigenvalue weighted by Crippen LogP contribution is 2.36. The number of thioether (sulfide) groups is 1. The summed E-state index contributed by atoms with van der Waals surface area (Å²) >= 11 is 1.77. The number of anilines is 1. The second kappa shape index (κ2) is 12.1. The van der Waals surface area contributed by atoms with E-state index in [4.69, 9.17) is 14.2 Å². The van der Waals surface area contributed by atoms with Crippen molar-refractivity contribution in [3.8, 4) is 0 Å². The van der Waals surface area contributed by atoms with Crippen LogP contribution in [-0.2, 0) is 14.2 Å². The van der Waals surface area contributed by atoms with E-state index in [0.29, 0.717) is 5.56 Å². The maximum Gasteiger partial charge on any atom is 0.511 e. The van der Waals surface area contributed by atoms with Crippen molar-refractivity contribution < 1.29 is 23.8 Å². The van der Waals surface area contributed by atoms with E-state index in [1.54, 1.807) is 37.7 Å². The van der Waals surface area contributed by atoms with Crippen LogP contribution in [-0.4, -0.2) is 37.8 Å². The molecule has 2 aromatic rings. The molecular weight excluding hydrogens is 414 g/mol. The molecule has 31 heavy (non-hydrogen) atoms. The molecular formula is C24H29NO5S. The Kier molecular flexibility index (Phi) is 9.46. The number of carbonyl (C=O) groups excluding carboxylic acids is 2. The van der Waals surface area contributed by atoms with Gasteiger partial charge in [0.1, 0.15) is 5.37 Å². The van der Waals surface area contributed by atoms with Gasteiger partial charge in [0.25, 0.3) is 0 Å². The number of nitrogens with zero attached hydrogens (tertiary/aromatic N) is 1. The Labute approximate surface area is 188 Å². The summed E-state index contributed by atoms with van der Waals surface area (Å²) < 4.78 is 14.6. The van der Waals surface area contributed by atoms with E-state index in [1.807, 2.05) is 44.3 Å². The van der Waals surface area contributed by atoms with Crippen LogP contribution in [0.4, 0.5) is 10.5 Å². The zero-order valence-electron chi connectivity index (χ0n) is 18.4. The molecule has 0 saturated carbocycles. The molecule has 0 aliphatic rings. The summed E-state index contributed by atoms with van der Waals surface area (Å²) in [6.07, 6.45) is 0.707. The zero-order valence-corrected chi connectivity index (χ0v) is 19.2. The quantitative estimate of drug-likeness (QED) is 0.264. The van der Waals surface area contributed by atoms with Crippen molar-refractivity contribution in [3.05, 3.63) is 77.9 Å². The third-order valence-electron chi connectivity index (χ3n) is 4.32. The molecule has 0 saturated heterocycles. The summed E-state index contributed by atoms with van der Waals surface area (Å²) in [7, 11) is 2.03. The first-order valence-electron chi connectivity index (χ1n) is 9.95. The molecule has 0 aliphatic carbocycles. The molecule has 1 atom stereocenters. The predicted molar refractivity (Wildman–Crippen MR) is 124 cm³/mol. The van der Waals surface area contributed by atoms with Gasteiger partial charge in [-0.3, -0.25) is 0 Å². The standard InChI is InChI=1S/C24H29NO5S/c1-6-14-31-22(19-10-8-7-9-11-19)25(5)21-13-12-20(15-18(21)4)23(26)28-16-29-24(27)30-17(2)3/h6-13,15,17,22H,1,14,16H2,2-5H3. The molecule has 166 valence electrons. The summed E-state index contributed by atoms with van der Waals surface area (Å²) in [6, 6.07) is 15.6. The van der Waals surface area contributed by atoms with E-state index in [0.717, 1.165) is 17.0 Å². The molecule has 0 aromatic heterocycles. The predicted octanol–water partition coefficient (Wildman–Crippen LogP) is 5.73. The van der Waals surface area contributed by atoms with Crippen LogP contribution in [0.1, 0.15) is 40.7 Å². The topological polar surface area (TPSA) is 65.1 Å². The summed E-state index contributed by atoms with van der Waals surface area (Å²) in [4.78, 5) is 25.8. The molecule has 0 N–H and O–H groups in total. The highest BCUT2D eigenvalue weighted by atomic mass is 32.2. The molecule has 0 spiro atoms. The van der Waals surface area contributed by atoms with Gasteiger partial charge in [-0.25, -0.2) is 9.59 Å². The second-order valence-corrected chi connectivity index (χ2v) is 8.22. The Balaban J connectivity index is 2.08. The number of aryl methyl sites for hydroxylation is 1. The van der Waals surface area contributed by atoms with E-state index < -0.39 is 18.9 Å². The highest BCUT2D eigenvalue weighted by molar-refractivity contribution is 7.99. The van der Waals surface area contributed by atoms with E-state index >= 15 is 0 Å². The van der Waals surface area contributed by atoms with Crippen LogP contribution in [0.3, 0.4) is 0 Å². The van der Waals surface area contributed by atoms with Crippen molar-refractivity contribution in [2.45, 2.75) is 32.2 Å². The number of benzene rings is 2. The number of rotatable bonds is 10. The largest absolute Gasteiger partial charge is 0.511 e. The van der Waals surface area contributed by atoms with E-state index in [9.17, 15) is 9.59 Å². The minimum atomic E-state index is -0.875. The molecule has 0 fully saturated rings. The highest BCUT2D eigenvalue weighted by Gasteiger charge is 2.20. The number of hydrogen-bond acceptors (Lipinski definition) is 7. The molecule has 0 aliphatic heterocycles. The van der Waals surface area contributed by atoms with E-state index in [-0.39, 0.29) is 11.5 Å². The molecule has 7 heteroatoms. The van der Waals surface area contributed by atoms with Crippen molar-refractivity contribution >= 4 is 29.6 Å². The smallest absolute Gasteiger partial charge is 0.431 e. The van der Waals surface area contributed by atoms with Crippen molar-refractivity contribution in [2.24, 2.45) is 0 Å². The van der Waals surface area contributed by atoms with Gasteiger partial charge in [0.2, 0.25) is 6.79 Å². The number of ether oxygens (including phenoxy) is 3. The number of carbonyl (C=O) groups is 2. The van der Waals surface area contributed by atoms with Crippen molar-refractivity contribution in [1.29, 1.82) is 0 Å². The monoisotopic (exact) mass is 443 g/mol. The molecule has 0 heterocycles. The molecule has 0 amide bonds. The summed E-state index contributed by atoms with van der Waals surface area (Å²) in [5, 5.41) is 0.0936. The number of hydrogen-bond donors (Lipinski definition) is 0. The lowest BCUT2D eigenvalue weighted by atomic mass is 10.1. The Morgan fingerprint density at radius 2 is 1.84 bits per heavy atom. The SMILES string of the molecule is C=CCSC(c1ccccc1)N(C)c1ccc(C(=O)OCOC(=O)OC(C)C)cc1C. The molecule has 0 radical (unpaired) electrons. The fourth-order valence-corrected chi connectivity index (χ4v) is 3.96. The van der Waals surface area contributed by atoms with Crippen molar-refractivity contribution in [2.75, 3.05) is 24.5 Å². The first-order chi connectivity index (χ1) is 14.8. The Morgan fingerprint density at radius 1 is 1.13 bits per heavy atom. The maximum absolute atomic E-state index is 12.3. The number of esters is 1. The molecule has 0 bridgehead atoms. The Morgan fingerprint density at radius 3 is 2.45 bits per heavy atom. The first kappa shape index (κ1) is 24.3. The fraction of sp³-hybridized carbons (Fsp3) is 0.333. The third-order valence-corrected chi connectivity index (χ3v) is 5.65. The zero-order chi connectivity index (χ0) is 22.8. The lowest BCUT2D eigenvalue weighted by Crippen LogP contribution is -2.23. The maximum atomic E-state index is 12.3. The minimum absolute atomic E-state index is 0.0936. The lowest BCUT2D eigenvalue weighted by molar-refractivity contribution is -0.0344. The summed E-state index contributed by atoms with van der Waals surface area (Å²) in [5.74, 6) is 0.238. The van der Waals surface area contributed by atoms with Crippen molar-refractivity contribution in [1.82, 2.24) is 0 Å². The minimum Gasteiger partial charge on any atom is -0.431 e. The van der Waals surface area contributed by atoms with Crippen LogP contribution in [0, 0.1) is 6.92 Å². The van der Waals surface area contributed by atoms with E-state index in [1.165, 1.54) is 5.56 Å². The Bertz CT molecular complexity index is 885. The van der Waals surface area contributed by atoms with Crippen LogP contribution in [0.2, 0.25) is 0 Å². The van der Waals surface area contributed by atoms with Gasteiger partial charge >= 0.3 is 12.1 Å². The van der Waals surface area contributed by atoms with Crippen LogP contribution in [0.15, 0.2) is 61.2 Å². The van der Waals surface area contributed by atoms with Crippen LogP contribution in [0.25, 0.3) is 0 Å². The molecule has 1 unspecified atom stereocenters. The lowest BCUT2D eigenvalue weighted by Gasteiger charge is -2.31. The summed E-state index contributed by atoms with van der Waals surface area (Å²) in [5.41, 5.74) is 3.49. The first-order valence-corrected chi connectivity index (χ1v) is 11.0. The van der Waals surface area contributed by atoms with Gasteiger partial charge in [0, 0.05) is 18.5 Å². The van der Waals surface area contributed by atoms with Gasteiger partial charge in [0.15, 0.2) is 0 Å². The normalized spacial score (nSPS) is 11.5. The van der Waals surface area contributed by atoms with Crippen LogP contribution in [0.5, 0.6) is 0 Å². The van der Waals surface area contributed by atoms with Gasteiger partial charge in [-0.1, -0.05) is 36.4 Å². The van der Waals surface area contributed by atoms with Gasteiger partial charge in [-0.2, -0.15) is 0 Å². The average molecular weight is 444 g/mol. The van der Waals surface area contributed by atoms with Gasteiger partial charge in [-0.15, -0.1) is 18.3 Å². The second-order valence-electron chi connectivity index (χ2n) is 7.11. The molecule has 2 aromatic carbocycles. The van der Waals surface area contributed by atoms with E-state index in [2.05, 4.69) is 23.6 Å². The fourth-order valence-electron chi connectivity index (χ4n) is 2.95. The van der Waals surface area contributed by atoms with Gasteiger partial charge in [-0.05, 0) is 50.1 Å². The molecule has 2 rings (SSSR count).